The molecule has 2 aromatic heterocycles. The molecule has 0 aliphatic carbocycles. The highest BCUT2D eigenvalue weighted by atomic mass is 32.2. The number of fused-ring (bicyclic) bond motifs is 1. The van der Waals surface area contributed by atoms with Crippen molar-refractivity contribution in [3.05, 3.63) is 77.7 Å². The van der Waals surface area contributed by atoms with E-state index in [9.17, 15) is 4.79 Å². The number of anilines is 1. The first-order chi connectivity index (χ1) is 12.8. The standard InChI is InChI=1S/C19H15N5OS/c25-18(23-15-4-3-14-11-22-24-17(14)10-15)16-2-1-7-21-19(16)26-12-13-5-8-20-9-6-13/h1-10H,11-12H2,(H,23,25). The lowest BCUT2D eigenvalue weighted by Gasteiger charge is -2.10. The highest BCUT2D eigenvalue weighted by Gasteiger charge is 2.15. The second-order valence-corrected chi connectivity index (χ2v) is 6.66. The van der Waals surface area contributed by atoms with Crippen LogP contribution < -0.4 is 5.32 Å². The van der Waals surface area contributed by atoms with E-state index in [1.165, 1.54) is 11.8 Å². The number of azo groups is 1. The van der Waals surface area contributed by atoms with Crippen molar-refractivity contribution in [1.82, 2.24) is 9.97 Å². The number of nitrogens with one attached hydrogen (secondary N) is 1. The minimum Gasteiger partial charge on any atom is -0.322 e. The van der Waals surface area contributed by atoms with Gasteiger partial charge in [-0.1, -0.05) is 6.07 Å². The average Bonchev–Trinajstić information content (AvgIpc) is 3.15. The number of benzene rings is 1. The average molecular weight is 361 g/mol. The Labute approximate surface area is 154 Å². The minimum absolute atomic E-state index is 0.190. The van der Waals surface area contributed by atoms with Gasteiger partial charge < -0.3 is 5.32 Å². The van der Waals surface area contributed by atoms with Crippen LogP contribution in [0, 0.1) is 0 Å². The number of amides is 1. The Kier molecular flexibility index (Phi) is 4.70. The fourth-order valence-corrected chi connectivity index (χ4v) is 3.51. The van der Waals surface area contributed by atoms with Crippen LogP contribution in [0.5, 0.6) is 0 Å². The number of nitrogens with zero attached hydrogens (tertiary/aromatic N) is 4. The molecule has 7 heteroatoms. The number of carbonyl (C=O) groups is 1. The number of carbonyl (C=O) groups excluding carboxylic acids is 1. The molecule has 0 spiro atoms. The van der Waals surface area contributed by atoms with Crippen LogP contribution in [-0.4, -0.2) is 15.9 Å². The fourth-order valence-electron chi connectivity index (χ4n) is 2.56. The molecule has 0 saturated carbocycles. The van der Waals surface area contributed by atoms with Gasteiger partial charge in [-0.25, -0.2) is 4.98 Å². The van der Waals surface area contributed by atoms with Crippen LogP contribution in [0.2, 0.25) is 0 Å². The molecule has 0 fully saturated rings. The van der Waals surface area contributed by atoms with E-state index in [-0.39, 0.29) is 5.91 Å². The molecule has 1 aliphatic heterocycles. The van der Waals surface area contributed by atoms with Gasteiger partial charge >= 0.3 is 0 Å². The van der Waals surface area contributed by atoms with Crippen molar-refractivity contribution in [3.63, 3.8) is 0 Å². The third-order valence-electron chi connectivity index (χ3n) is 3.90. The highest BCUT2D eigenvalue weighted by molar-refractivity contribution is 7.98. The summed E-state index contributed by atoms with van der Waals surface area (Å²) in [6, 6.07) is 13.1. The topological polar surface area (TPSA) is 79.6 Å². The first-order valence-corrected chi connectivity index (χ1v) is 9.07. The summed E-state index contributed by atoms with van der Waals surface area (Å²) < 4.78 is 0. The number of hydrogen-bond donors (Lipinski definition) is 1. The number of rotatable bonds is 5. The van der Waals surface area contributed by atoms with Gasteiger partial charge in [0.1, 0.15) is 5.03 Å². The summed E-state index contributed by atoms with van der Waals surface area (Å²) in [6.45, 7) is 0.599. The van der Waals surface area contributed by atoms with Crippen molar-refractivity contribution in [2.24, 2.45) is 10.2 Å². The van der Waals surface area contributed by atoms with E-state index in [2.05, 4.69) is 25.5 Å². The van der Waals surface area contributed by atoms with Crippen LogP contribution in [0.25, 0.3) is 0 Å². The Balaban J connectivity index is 1.50. The van der Waals surface area contributed by atoms with E-state index < -0.39 is 0 Å². The molecule has 0 bridgehead atoms. The Hall–Kier alpha value is -3.06. The normalized spacial score (nSPS) is 12.0. The van der Waals surface area contributed by atoms with E-state index in [0.29, 0.717) is 22.8 Å². The van der Waals surface area contributed by atoms with Crippen LogP contribution >= 0.6 is 11.8 Å². The lowest BCUT2D eigenvalue weighted by molar-refractivity contribution is 0.102. The smallest absolute Gasteiger partial charge is 0.258 e. The predicted molar refractivity (Wildman–Crippen MR) is 101 cm³/mol. The summed E-state index contributed by atoms with van der Waals surface area (Å²) >= 11 is 1.53. The largest absolute Gasteiger partial charge is 0.322 e. The molecular formula is C19H15N5OS. The molecule has 0 unspecified atom stereocenters. The molecule has 6 nitrogen and oxygen atoms in total. The summed E-state index contributed by atoms with van der Waals surface area (Å²) in [5.74, 6) is 0.532. The van der Waals surface area contributed by atoms with E-state index in [4.69, 9.17) is 0 Å². The maximum Gasteiger partial charge on any atom is 0.258 e. The third kappa shape index (κ3) is 3.62. The second-order valence-electron chi connectivity index (χ2n) is 5.70. The monoisotopic (exact) mass is 361 g/mol. The fraction of sp³-hybridized carbons (Fsp3) is 0.105. The molecule has 1 aromatic carbocycles. The summed E-state index contributed by atoms with van der Waals surface area (Å²) in [6.07, 6.45) is 5.21. The molecule has 1 aliphatic rings. The van der Waals surface area contributed by atoms with Crippen molar-refractivity contribution < 1.29 is 4.79 Å². The number of thioether (sulfide) groups is 1. The number of hydrogen-bond acceptors (Lipinski definition) is 6. The molecule has 3 heterocycles. The molecule has 4 rings (SSSR count). The Bertz CT molecular complexity index is 975. The van der Waals surface area contributed by atoms with Gasteiger partial charge in [0.15, 0.2) is 0 Å². The van der Waals surface area contributed by atoms with Gasteiger partial charge in [0.25, 0.3) is 5.91 Å². The van der Waals surface area contributed by atoms with Crippen molar-refractivity contribution in [1.29, 1.82) is 0 Å². The summed E-state index contributed by atoms with van der Waals surface area (Å²) in [4.78, 5) is 21.1. The second kappa shape index (κ2) is 7.45. The molecule has 26 heavy (non-hydrogen) atoms. The molecule has 128 valence electrons. The highest BCUT2D eigenvalue weighted by Crippen LogP contribution is 2.30. The van der Waals surface area contributed by atoms with Gasteiger partial charge in [-0.3, -0.25) is 9.78 Å². The van der Waals surface area contributed by atoms with Crippen molar-refractivity contribution in [2.75, 3.05) is 5.32 Å². The van der Waals surface area contributed by atoms with Gasteiger partial charge in [0, 0.05) is 35.6 Å². The van der Waals surface area contributed by atoms with Crippen LogP contribution in [0.1, 0.15) is 21.5 Å². The Morgan fingerprint density at radius 2 is 2.00 bits per heavy atom. The summed E-state index contributed by atoms with van der Waals surface area (Å²) in [5.41, 5.74) is 4.25. The SMILES string of the molecule is O=C(Nc1ccc2c(c1)N=NC2)c1cccnc1SCc1ccncc1. The van der Waals surface area contributed by atoms with E-state index in [1.54, 1.807) is 30.7 Å². The number of pyridine rings is 2. The molecule has 0 atom stereocenters. The lowest BCUT2D eigenvalue weighted by Crippen LogP contribution is -2.13. The number of aromatic nitrogens is 2. The van der Waals surface area contributed by atoms with Crippen molar-refractivity contribution in [3.8, 4) is 0 Å². The van der Waals surface area contributed by atoms with Gasteiger partial charge in [-0.2, -0.15) is 10.2 Å². The van der Waals surface area contributed by atoms with Gasteiger partial charge in [-0.05, 0) is 42.0 Å². The zero-order chi connectivity index (χ0) is 17.8. The van der Waals surface area contributed by atoms with Gasteiger partial charge in [0.2, 0.25) is 0 Å². The predicted octanol–water partition coefficient (Wildman–Crippen LogP) is 4.62. The first-order valence-electron chi connectivity index (χ1n) is 8.08. The summed E-state index contributed by atoms with van der Waals surface area (Å²) in [7, 11) is 0. The Morgan fingerprint density at radius 3 is 2.88 bits per heavy atom. The molecule has 1 N–H and O–H groups in total. The maximum absolute atomic E-state index is 12.7. The van der Waals surface area contributed by atoms with E-state index in [0.717, 1.165) is 22.6 Å². The lowest BCUT2D eigenvalue weighted by atomic mass is 10.1. The van der Waals surface area contributed by atoms with Crippen LogP contribution in [0.3, 0.4) is 0 Å². The third-order valence-corrected chi connectivity index (χ3v) is 4.98. The maximum atomic E-state index is 12.7. The van der Waals surface area contributed by atoms with Crippen LogP contribution in [-0.2, 0) is 12.3 Å². The van der Waals surface area contributed by atoms with E-state index in [1.807, 2.05) is 30.3 Å². The van der Waals surface area contributed by atoms with Gasteiger partial charge in [0.05, 0.1) is 17.8 Å². The zero-order valence-corrected chi connectivity index (χ0v) is 14.6. The molecule has 0 radical (unpaired) electrons. The van der Waals surface area contributed by atoms with E-state index >= 15 is 0 Å². The minimum atomic E-state index is -0.190. The van der Waals surface area contributed by atoms with Crippen LogP contribution in [0.15, 0.2) is 76.3 Å². The van der Waals surface area contributed by atoms with Crippen molar-refractivity contribution >= 4 is 29.0 Å². The van der Waals surface area contributed by atoms with Crippen LogP contribution in [0.4, 0.5) is 11.4 Å². The summed E-state index contributed by atoms with van der Waals surface area (Å²) in [5, 5.41) is 11.7. The molecule has 1 amide bonds. The van der Waals surface area contributed by atoms with Crippen molar-refractivity contribution in [2.45, 2.75) is 17.3 Å². The zero-order valence-electron chi connectivity index (χ0n) is 13.8. The van der Waals surface area contributed by atoms with Gasteiger partial charge in [-0.15, -0.1) is 11.8 Å². The molecule has 0 saturated heterocycles. The quantitative estimate of drug-likeness (QED) is 0.673. The first kappa shape index (κ1) is 16.4. The Morgan fingerprint density at radius 1 is 1.12 bits per heavy atom. The molecule has 3 aromatic rings. The molecular weight excluding hydrogens is 346 g/mol.